The number of hydrogen-bond donors (Lipinski definition) is 0. The molecule has 0 aliphatic carbocycles. The van der Waals surface area contributed by atoms with E-state index in [-0.39, 0.29) is 15.8 Å². The molecule has 1 fully saturated rings. The number of anilines is 1. The van der Waals surface area contributed by atoms with Gasteiger partial charge in [0.1, 0.15) is 0 Å². The summed E-state index contributed by atoms with van der Waals surface area (Å²) in [4.78, 5) is 6.60. The van der Waals surface area contributed by atoms with Gasteiger partial charge >= 0.3 is 0 Å². The summed E-state index contributed by atoms with van der Waals surface area (Å²) in [6, 6.07) is 13.6. The van der Waals surface area contributed by atoms with Gasteiger partial charge in [-0.3, -0.25) is 0 Å². The topological polar surface area (TPSA) is 63.4 Å². The Hall–Kier alpha value is -1.83. The molecule has 3 aromatic rings. The fourth-order valence-electron chi connectivity index (χ4n) is 3.42. The molecule has 1 aromatic heterocycles. The minimum absolute atomic E-state index is 0.0447. The maximum Gasteiger partial charge on any atom is 0.236 e. The van der Waals surface area contributed by atoms with Gasteiger partial charge in [0.2, 0.25) is 26.6 Å². The van der Waals surface area contributed by atoms with Crippen LogP contribution in [0.5, 0.6) is 0 Å². The van der Waals surface area contributed by atoms with Crippen molar-refractivity contribution in [1.82, 2.24) is 4.98 Å². The second-order valence-electron chi connectivity index (χ2n) is 7.00. The predicted octanol–water partition coefficient (Wildman–Crippen LogP) is 5.97. The number of aromatic nitrogens is 1. The van der Waals surface area contributed by atoms with Gasteiger partial charge < -0.3 is 9.32 Å². The first-order valence-corrected chi connectivity index (χ1v) is 12.1. The van der Waals surface area contributed by atoms with Crippen LogP contribution in [0.3, 0.4) is 0 Å². The van der Waals surface area contributed by atoms with Crippen LogP contribution in [0.15, 0.2) is 67.3 Å². The lowest BCUT2D eigenvalue weighted by atomic mass is 10.2. The lowest BCUT2D eigenvalue weighted by Crippen LogP contribution is -2.25. The molecule has 0 atom stereocenters. The Morgan fingerprint density at radius 2 is 1.69 bits per heavy atom. The van der Waals surface area contributed by atoms with E-state index in [2.05, 4.69) is 20.9 Å². The molecule has 4 rings (SSSR count). The van der Waals surface area contributed by atoms with Gasteiger partial charge in [-0.15, -0.1) is 0 Å². The zero-order chi connectivity index (χ0) is 20.4. The highest BCUT2D eigenvalue weighted by Gasteiger charge is 2.31. The monoisotopic (exact) mass is 494 g/mol. The maximum absolute atomic E-state index is 13.4. The van der Waals surface area contributed by atoms with E-state index in [0.717, 1.165) is 43.2 Å². The van der Waals surface area contributed by atoms with Crippen molar-refractivity contribution in [3.63, 3.8) is 0 Å². The van der Waals surface area contributed by atoms with Crippen LogP contribution in [0.4, 0.5) is 5.88 Å². The summed E-state index contributed by atoms with van der Waals surface area (Å²) in [7, 11) is -3.86. The molecule has 1 aliphatic rings. The van der Waals surface area contributed by atoms with Crippen molar-refractivity contribution < 1.29 is 12.8 Å². The number of benzene rings is 2. The van der Waals surface area contributed by atoms with Gasteiger partial charge in [0.15, 0.2) is 0 Å². The Morgan fingerprint density at radius 1 is 1.00 bits per heavy atom. The highest BCUT2D eigenvalue weighted by atomic mass is 79.9. The predicted molar refractivity (Wildman–Crippen MR) is 117 cm³/mol. The fourth-order valence-corrected chi connectivity index (χ4v) is 5.26. The van der Waals surface area contributed by atoms with Gasteiger partial charge in [-0.1, -0.05) is 46.4 Å². The van der Waals surface area contributed by atoms with Gasteiger partial charge in [-0.25, -0.2) is 8.42 Å². The van der Waals surface area contributed by atoms with Crippen LogP contribution in [0.25, 0.3) is 11.5 Å². The molecule has 0 amide bonds. The van der Waals surface area contributed by atoms with E-state index < -0.39 is 9.84 Å². The van der Waals surface area contributed by atoms with E-state index in [9.17, 15) is 8.42 Å². The lowest BCUT2D eigenvalue weighted by Gasteiger charge is -2.20. The van der Waals surface area contributed by atoms with Crippen LogP contribution < -0.4 is 4.90 Å². The largest absolute Gasteiger partial charge is 0.419 e. The Labute approximate surface area is 183 Å². The van der Waals surface area contributed by atoms with Crippen LogP contribution in [0.2, 0.25) is 5.02 Å². The normalized spacial score (nSPS) is 15.3. The smallest absolute Gasteiger partial charge is 0.236 e. The Kier molecular flexibility index (Phi) is 5.99. The standard InChI is InChI=1S/C21H20BrClN2O3S/c22-16-7-5-6-15(14-16)19-24-20(21(28-19)25-12-3-1-2-4-13-25)29(26,27)18-10-8-17(23)9-11-18/h5-11,14H,1-4,12-13H2. The molecule has 2 aromatic carbocycles. The molecule has 5 nitrogen and oxygen atoms in total. The van der Waals surface area contributed by atoms with Crippen molar-refractivity contribution in [2.24, 2.45) is 0 Å². The summed E-state index contributed by atoms with van der Waals surface area (Å²) < 4.78 is 33.7. The third-order valence-electron chi connectivity index (χ3n) is 4.92. The van der Waals surface area contributed by atoms with E-state index in [4.69, 9.17) is 16.0 Å². The number of halogens is 2. The molecule has 0 N–H and O–H groups in total. The molecule has 29 heavy (non-hydrogen) atoms. The van der Waals surface area contributed by atoms with E-state index in [1.54, 1.807) is 12.1 Å². The highest BCUT2D eigenvalue weighted by molar-refractivity contribution is 9.10. The molecule has 0 bridgehead atoms. The van der Waals surface area contributed by atoms with Gasteiger partial charge in [-0.2, -0.15) is 4.98 Å². The van der Waals surface area contributed by atoms with Crippen LogP contribution in [-0.2, 0) is 9.84 Å². The van der Waals surface area contributed by atoms with E-state index in [0.29, 0.717) is 16.5 Å². The van der Waals surface area contributed by atoms with Crippen molar-refractivity contribution in [3.8, 4) is 11.5 Å². The van der Waals surface area contributed by atoms with Gasteiger partial charge in [0.05, 0.1) is 4.90 Å². The maximum atomic E-state index is 13.4. The Balaban J connectivity index is 1.85. The summed E-state index contributed by atoms with van der Waals surface area (Å²) in [5, 5.41) is 0.434. The second-order valence-corrected chi connectivity index (χ2v) is 10.2. The molecular formula is C21H20BrClN2O3S. The van der Waals surface area contributed by atoms with Crippen molar-refractivity contribution in [3.05, 3.63) is 58.0 Å². The summed E-state index contributed by atoms with van der Waals surface area (Å²) in [5.41, 5.74) is 0.716. The zero-order valence-electron chi connectivity index (χ0n) is 15.6. The van der Waals surface area contributed by atoms with Gasteiger partial charge in [-0.05, 0) is 55.3 Å². The molecule has 8 heteroatoms. The van der Waals surface area contributed by atoms with Crippen molar-refractivity contribution in [1.29, 1.82) is 0 Å². The molecule has 1 saturated heterocycles. The zero-order valence-corrected chi connectivity index (χ0v) is 18.8. The first kappa shape index (κ1) is 20.4. The summed E-state index contributed by atoms with van der Waals surface area (Å²) in [6.07, 6.45) is 4.24. The summed E-state index contributed by atoms with van der Waals surface area (Å²) in [6.45, 7) is 1.49. The quantitative estimate of drug-likeness (QED) is 0.446. The Morgan fingerprint density at radius 3 is 2.34 bits per heavy atom. The first-order valence-electron chi connectivity index (χ1n) is 9.47. The number of hydrogen-bond acceptors (Lipinski definition) is 5. The molecular weight excluding hydrogens is 476 g/mol. The number of oxazole rings is 1. The first-order chi connectivity index (χ1) is 13.9. The van der Waals surface area contributed by atoms with Crippen LogP contribution in [-0.4, -0.2) is 26.5 Å². The van der Waals surface area contributed by atoms with Crippen molar-refractivity contribution in [2.75, 3.05) is 18.0 Å². The molecule has 0 radical (unpaired) electrons. The lowest BCUT2D eigenvalue weighted by molar-refractivity contribution is 0.543. The number of nitrogens with zero attached hydrogens (tertiary/aromatic N) is 2. The van der Waals surface area contributed by atoms with E-state index >= 15 is 0 Å². The molecule has 0 spiro atoms. The molecule has 2 heterocycles. The number of sulfone groups is 1. The third kappa shape index (κ3) is 4.37. The van der Waals surface area contributed by atoms with E-state index in [1.807, 2.05) is 29.2 Å². The molecule has 1 aliphatic heterocycles. The minimum atomic E-state index is -3.86. The van der Waals surface area contributed by atoms with Crippen molar-refractivity contribution in [2.45, 2.75) is 35.6 Å². The third-order valence-corrected chi connectivity index (χ3v) is 7.34. The number of rotatable bonds is 4. The Bertz CT molecular complexity index is 1110. The average molecular weight is 496 g/mol. The fraction of sp³-hybridized carbons (Fsp3) is 0.286. The summed E-state index contributed by atoms with van der Waals surface area (Å²) >= 11 is 9.38. The van der Waals surface area contributed by atoms with Crippen LogP contribution >= 0.6 is 27.5 Å². The highest BCUT2D eigenvalue weighted by Crippen LogP contribution is 2.36. The molecule has 0 unspecified atom stereocenters. The second kappa shape index (κ2) is 8.50. The van der Waals surface area contributed by atoms with E-state index in [1.165, 1.54) is 12.1 Å². The van der Waals surface area contributed by atoms with Gasteiger partial charge in [0, 0.05) is 28.1 Å². The molecule has 0 saturated carbocycles. The average Bonchev–Trinajstić information content (AvgIpc) is 2.98. The van der Waals surface area contributed by atoms with Crippen molar-refractivity contribution >= 4 is 43.3 Å². The van der Waals surface area contributed by atoms with Gasteiger partial charge in [0.25, 0.3) is 0 Å². The van der Waals surface area contributed by atoms with Crippen LogP contribution in [0.1, 0.15) is 25.7 Å². The molecule has 152 valence electrons. The minimum Gasteiger partial charge on any atom is -0.419 e. The van der Waals surface area contributed by atoms with Crippen LogP contribution in [0, 0.1) is 0 Å². The summed E-state index contributed by atoms with van der Waals surface area (Å²) in [5.74, 6) is 0.606. The SMILES string of the molecule is O=S(=O)(c1ccc(Cl)cc1)c1nc(-c2cccc(Br)c2)oc1N1CCCCCC1.